The molecular weight excluding hydrogens is 242 g/mol. The van der Waals surface area contributed by atoms with Crippen LogP contribution in [0.1, 0.15) is 23.2 Å². The van der Waals surface area contributed by atoms with Gasteiger partial charge in [0, 0.05) is 18.7 Å². The van der Waals surface area contributed by atoms with Crippen molar-refractivity contribution in [2.45, 2.75) is 18.4 Å². The maximum atomic E-state index is 12.1. The molecule has 0 saturated carbocycles. The van der Waals surface area contributed by atoms with Gasteiger partial charge in [-0.25, -0.2) is 0 Å². The summed E-state index contributed by atoms with van der Waals surface area (Å²) in [6.07, 6.45) is 1.23. The lowest BCUT2D eigenvalue weighted by Crippen LogP contribution is -2.53. The van der Waals surface area contributed by atoms with Crippen molar-refractivity contribution in [2.75, 3.05) is 20.1 Å². The molecule has 5 heteroatoms. The molecular formula is C14H17N3O2. The number of phenols is 1. The summed E-state index contributed by atoms with van der Waals surface area (Å²) in [5, 5.41) is 21.5. The summed E-state index contributed by atoms with van der Waals surface area (Å²) >= 11 is 0. The molecule has 2 N–H and O–H groups in total. The predicted octanol–water partition coefficient (Wildman–Crippen LogP) is 1.11. The van der Waals surface area contributed by atoms with Crippen molar-refractivity contribution in [3.63, 3.8) is 0 Å². The van der Waals surface area contributed by atoms with E-state index < -0.39 is 5.54 Å². The summed E-state index contributed by atoms with van der Waals surface area (Å²) < 4.78 is 0. The van der Waals surface area contributed by atoms with Gasteiger partial charge in [-0.05, 0) is 38.1 Å². The van der Waals surface area contributed by atoms with E-state index in [0.717, 1.165) is 13.1 Å². The van der Waals surface area contributed by atoms with Crippen molar-refractivity contribution in [1.29, 1.82) is 5.26 Å². The van der Waals surface area contributed by atoms with Gasteiger partial charge in [0.2, 0.25) is 0 Å². The molecule has 0 atom stereocenters. The number of nitrogens with one attached hydrogen (secondary N) is 1. The van der Waals surface area contributed by atoms with E-state index in [-0.39, 0.29) is 11.7 Å². The molecule has 1 aromatic carbocycles. The van der Waals surface area contributed by atoms with Crippen molar-refractivity contribution >= 4 is 5.91 Å². The van der Waals surface area contributed by atoms with E-state index in [4.69, 9.17) is 0 Å². The van der Waals surface area contributed by atoms with Crippen LogP contribution in [-0.2, 0) is 0 Å². The zero-order chi connectivity index (χ0) is 13.9. The first-order valence-electron chi connectivity index (χ1n) is 6.26. The van der Waals surface area contributed by atoms with Crippen LogP contribution in [0, 0.1) is 11.3 Å². The Morgan fingerprint density at radius 2 is 2.16 bits per heavy atom. The molecule has 1 saturated heterocycles. The molecule has 0 aliphatic carbocycles. The Morgan fingerprint density at radius 3 is 2.74 bits per heavy atom. The normalized spacial score (nSPS) is 18.5. The number of carbonyl (C=O) groups excluding carboxylic acids is 1. The van der Waals surface area contributed by atoms with Gasteiger partial charge in [-0.3, -0.25) is 4.79 Å². The predicted molar refractivity (Wildman–Crippen MR) is 70.6 cm³/mol. The standard InChI is InChI=1S/C14H17N3O2/c1-17-7-5-14(10-15,6-8-17)16-13(19)11-3-2-4-12(18)9-11/h2-4,9,18H,5-8H2,1H3,(H,16,19). The number of amides is 1. The van der Waals surface area contributed by atoms with Gasteiger partial charge >= 0.3 is 0 Å². The molecule has 1 fully saturated rings. The summed E-state index contributed by atoms with van der Waals surface area (Å²) in [4.78, 5) is 14.3. The number of benzene rings is 1. The fraction of sp³-hybridized carbons (Fsp3) is 0.429. The average molecular weight is 259 g/mol. The zero-order valence-corrected chi connectivity index (χ0v) is 10.9. The molecule has 2 rings (SSSR count). The van der Waals surface area contributed by atoms with E-state index in [9.17, 15) is 15.2 Å². The van der Waals surface area contributed by atoms with Crippen LogP contribution in [0.5, 0.6) is 5.75 Å². The highest BCUT2D eigenvalue weighted by Crippen LogP contribution is 2.22. The summed E-state index contributed by atoms with van der Waals surface area (Å²) in [5.74, 6) is -0.274. The van der Waals surface area contributed by atoms with Gasteiger partial charge in [0.15, 0.2) is 0 Å². The van der Waals surface area contributed by atoms with Crippen LogP contribution in [0.25, 0.3) is 0 Å². The lowest BCUT2D eigenvalue weighted by Gasteiger charge is -2.36. The molecule has 5 nitrogen and oxygen atoms in total. The maximum absolute atomic E-state index is 12.1. The van der Waals surface area contributed by atoms with Gasteiger partial charge in [0.05, 0.1) is 6.07 Å². The van der Waals surface area contributed by atoms with Gasteiger partial charge < -0.3 is 15.3 Å². The molecule has 0 unspecified atom stereocenters. The number of piperidine rings is 1. The Bertz CT molecular complexity index is 514. The second kappa shape index (κ2) is 5.29. The average Bonchev–Trinajstić information content (AvgIpc) is 2.42. The SMILES string of the molecule is CN1CCC(C#N)(NC(=O)c2cccc(O)c2)CC1. The molecule has 1 aliphatic rings. The van der Waals surface area contributed by atoms with E-state index in [0.29, 0.717) is 18.4 Å². The number of nitriles is 1. The van der Waals surface area contributed by atoms with Gasteiger partial charge in [-0.15, -0.1) is 0 Å². The van der Waals surface area contributed by atoms with Gasteiger partial charge in [0.25, 0.3) is 5.91 Å². The van der Waals surface area contributed by atoms with Crippen molar-refractivity contribution in [1.82, 2.24) is 10.2 Å². The zero-order valence-electron chi connectivity index (χ0n) is 10.9. The van der Waals surface area contributed by atoms with Crippen LogP contribution < -0.4 is 5.32 Å². The topological polar surface area (TPSA) is 76.4 Å². The van der Waals surface area contributed by atoms with Crippen LogP contribution in [-0.4, -0.2) is 41.6 Å². The first kappa shape index (κ1) is 13.4. The van der Waals surface area contributed by atoms with E-state index in [2.05, 4.69) is 16.3 Å². The van der Waals surface area contributed by atoms with Crippen molar-refractivity contribution in [3.8, 4) is 11.8 Å². The lowest BCUT2D eigenvalue weighted by molar-refractivity contribution is 0.0881. The molecule has 1 aliphatic heterocycles. The van der Waals surface area contributed by atoms with Gasteiger partial charge in [0.1, 0.15) is 11.3 Å². The minimum atomic E-state index is -0.797. The third-order valence-electron chi connectivity index (χ3n) is 3.52. The Kier molecular flexibility index (Phi) is 3.72. The van der Waals surface area contributed by atoms with Crippen molar-refractivity contribution in [2.24, 2.45) is 0 Å². The molecule has 0 spiro atoms. The molecule has 1 heterocycles. The van der Waals surface area contributed by atoms with E-state index >= 15 is 0 Å². The number of likely N-dealkylation sites (tertiary alicyclic amines) is 1. The van der Waals surface area contributed by atoms with Gasteiger partial charge in [-0.1, -0.05) is 6.07 Å². The third kappa shape index (κ3) is 3.04. The Labute approximate surface area is 112 Å². The van der Waals surface area contributed by atoms with Crippen LogP contribution in [0.3, 0.4) is 0 Å². The second-order valence-corrected chi connectivity index (χ2v) is 5.00. The maximum Gasteiger partial charge on any atom is 0.252 e. The number of carbonyl (C=O) groups is 1. The Morgan fingerprint density at radius 1 is 1.47 bits per heavy atom. The monoisotopic (exact) mass is 259 g/mol. The number of nitrogens with zero attached hydrogens (tertiary/aromatic N) is 2. The highest BCUT2D eigenvalue weighted by molar-refractivity contribution is 5.95. The molecule has 100 valence electrons. The number of hydrogen-bond acceptors (Lipinski definition) is 4. The van der Waals surface area contributed by atoms with E-state index in [1.54, 1.807) is 12.1 Å². The molecule has 19 heavy (non-hydrogen) atoms. The van der Waals surface area contributed by atoms with Crippen LogP contribution in [0.4, 0.5) is 0 Å². The number of phenolic OH excluding ortho intramolecular Hbond substituents is 1. The largest absolute Gasteiger partial charge is 0.508 e. The first-order chi connectivity index (χ1) is 9.04. The minimum absolute atomic E-state index is 0.0436. The number of aromatic hydroxyl groups is 1. The number of rotatable bonds is 2. The summed E-state index contributed by atoms with van der Waals surface area (Å²) in [6.45, 7) is 1.57. The third-order valence-corrected chi connectivity index (χ3v) is 3.52. The Hall–Kier alpha value is -2.06. The smallest absolute Gasteiger partial charge is 0.252 e. The fourth-order valence-corrected chi connectivity index (χ4v) is 2.20. The highest BCUT2D eigenvalue weighted by Gasteiger charge is 2.35. The lowest BCUT2D eigenvalue weighted by atomic mass is 9.89. The summed E-state index contributed by atoms with van der Waals surface area (Å²) in [7, 11) is 2.00. The molecule has 1 aromatic rings. The molecule has 0 aromatic heterocycles. The highest BCUT2D eigenvalue weighted by atomic mass is 16.3. The minimum Gasteiger partial charge on any atom is -0.508 e. The van der Waals surface area contributed by atoms with Crippen molar-refractivity contribution in [3.05, 3.63) is 29.8 Å². The van der Waals surface area contributed by atoms with E-state index in [1.165, 1.54) is 12.1 Å². The van der Waals surface area contributed by atoms with Crippen molar-refractivity contribution < 1.29 is 9.90 Å². The molecule has 0 bridgehead atoms. The summed E-state index contributed by atoms with van der Waals surface area (Å²) in [6, 6.07) is 8.37. The van der Waals surface area contributed by atoms with Crippen LogP contribution in [0.2, 0.25) is 0 Å². The molecule has 0 radical (unpaired) electrons. The van der Waals surface area contributed by atoms with Gasteiger partial charge in [-0.2, -0.15) is 5.26 Å². The van der Waals surface area contributed by atoms with E-state index in [1.807, 2.05) is 7.05 Å². The van der Waals surface area contributed by atoms with Crippen LogP contribution >= 0.6 is 0 Å². The molecule has 1 amide bonds. The Balaban J connectivity index is 2.11. The fourth-order valence-electron chi connectivity index (χ4n) is 2.20. The number of hydrogen-bond donors (Lipinski definition) is 2. The second-order valence-electron chi connectivity index (χ2n) is 5.00. The first-order valence-corrected chi connectivity index (χ1v) is 6.26. The quantitative estimate of drug-likeness (QED) is 0.834. The van der Waals surface area contributed by atoms with Crippen LogP contribution in [0.15, 0.2) is 24.3 Å². The summed E-state index contributed by atoms with van der Waals surface area (Å²) in [5.41, 5.74) is -0.428.